The number of thioether (sulfide) groups is 2. The van der Waals surface area contributed by atoms with Crippen molar-refractivity contribution in [1.82, 2.24) is 35.4 Å². The summed E-state index contributed by atoms with van der Waals surface area (Å²) in [7, 11) is 2.96. The summed E-state index contributed by atoms with van der Waals surface area (Å²) in [5.74, 6) is -1.49. The normalized spacial score (nSPS) is 20.0. The lowest BCUT2D eigenvalue weighted by atomic mass is 10.0. The fraction of sp³-hybridized carbons (Fsp3) is 0.333. The molecule has 14 nitrogen and oxygen atoms in total. The van der Waals surface area contributed by atoms with Crippen molar-refractivity contribution in [2.24, 2.45) is 12.2 Å². The second-order valence-corrected chi connectivity index (χ2v) is 9.13. The third kappa shape index (κ3) is 4.41. The molecule has 0 saturated carbocycles. The number of tetrazole rings is 1. The Bertz CT molecular complexity index is 1200. The number of aromatic nitrogens is 5. The number of carboxylic acids is 1. The van der Waals surface area contributed by atoms with E-state index in [9.17, 15) is 19.5 Å². The number of carboxylic acid groups (broad SMARTS) is 1. The predicted octanol–water partition coefficient (Wildman–Crippen LogP) is -0.931. The molecular weight excluding hydrogens is 486 g/mol. The third-order valence-corrected chi connectivity index (χ3v) is 7.39. The van der Waals surface area contributed by atoms with Crippen molar-refractivity contribution < 1.29 is 24.3 Å². The van der Waals surface area contributed by atoms with Gasteiger partial charge in [0.1, 0.15) is 30.0 Å². The van der Waals surface area contributed by atoms with E-state index in [0.717, 1.165) is 0 Å². The summed E-state index contributed by atoms with van der Waals surface area (Å²) >= 11 is 2.63. The molecule has 16 heteroatoms. The van der Waals surface area contributed by atoms with Gasteiger partial charge in [-0.25, -0.2) is 14.5 Å². The number of aryl methyl sites for hydroxylation is 1. The van der Waals surface area contributed by atoms with Gasteiger partial charge in [0.05, 0.1) is 0 Å². The van der Waals surface area contributed by atoms with Gasteiger partial charge in [-0.1, -0.05) is 16.9 Å². The molecule has 2 aromatic rings. The number of carbonyl (C=O) groups excluding carboxylic acids is 2. The number of nitrogens with zero attached hydrogens (tertiary/aromatic N) is 7. The Morgan fingerprint density at radius 3 is 2.85 bits per heavy atom. The van der Waals surface area contributed by atoms with Gasteiger partial charge in [-0.3, -0.25) is 14.5 Å². The summed E-state index contributed by atoms with van der Waals surface area (Å²) in [5, 5.41) is 27.3. The average molecular weight is 506 g/mol. The van der Waals surface area contributed by atoms with E-state index in [1.165, 1.54) is 52.5 Å². The minimum atomic E-state index is -1.22. The molecule has 4 heterocycles. The first-order valence-electron chi connectivity index (χ1n) is 9.71. The molecule has 34 heavy (non-hydrogen) atoms. The van der Waals surface area contributed by atoms with Crippen molar-refractivity contribution in [3.8, 4) is 0 Å². The number of carbonyl (C=O) groups is 3. The van der Waals surface area contributed by atoms with E-state index < -0.39 is 29.2 Å². The second-order valence-electron chi connectivity index (χ2n) is 7.09. The summed E-state index contributed by atoms with van der Waals surface area (Å²) in [6.07, 6.45) is 1.36. The molecule has 0 radical (unpaired) electrons. The molecule has 2 aliphatic heterocycles. The van der Waals surface area contributed by atoms with E-state index >= 15 is 0 Å². The summed E-state index contributed by atoms with van der Waals surface area (Å²) in [4.78, 5) is 47.7. The van der Waals surface area contributed by atoms with E-state index in [4.69, 9.17) is 10.6 Å². The molecule has 0 bridgehead atoms. The number of nitrogen functional groups attached to an aromatic ring is 1. The minimum absolute atomic E-state index is 0.0876. The number of fused-ring (bicyclic) bond motifs is 1. The van der Waals surface area contributed by atoms with Gasteiger partial charge >= 0.3 is 5.97 Å². The zero-order chi connectivity index (χ0) is 24.4. The van der Waals surface area contributed by atoms with Crippen molar-refractivity contribution in [3.05, 3.63) is 35.2 Å². The molecule has 2 aromatic heterocycles. The van der Waals surface area contributed by atoms with Crippen LogP contribution in [0.25, 0.3) is 0 Å². The lowest BCUT2D eigenvalue weighted by Gasteiger charge is -2.49. The molecular formula is C18H19N9O5S2. The number of hydrogen-bond acceptors (Lipinski definition) is 12. The fourth-order valence-corrected chi connectivity index (χ4v) is 5.70. The first kappa shape index (κ1) is 23.5. The van der Waals surface area contributed by atoms with Crippen molar-refractivity contribution in [2.75, 3.05) is 24.3 Å². The summed E-state index contributed by atoms with van der Waals surface area (Å²) in [6.45, 7) is 0. The van der Waals surface area contributed by atoms with Crippen LogP contribution < -0.4 is 11.1 Å². The van der Waals surface area contributed by atoms with Crippen LogP contribution in [0.2, 0.25) is 0 Å². The Balaban J connectivity index is 1.49. The molecule has 1 fully saturated rings. The highest BCUT2D eigenvalue weighted by atomic mass is 32.2. The van der Waals surface area contributed by atoms with Gasteiger partial charge in [0.2, 0.25) is 5.16 Å². The third-order valence-electron chi connectivity index (χ3n) is 4.95. The summed E-state index contributed by atoms with van der Waals surface area (Å²) in [5.41, 5.74) is 6.31. The molecule has 4 N–H and O–H groups in total. The molecule has 2 atom stereocenters. The minimum Gasteiger partial charge on any atom is -0.477 e. The van der Waals surface area contributed by atoms with Crippen LogP contribution in [-0.2, 0) is 26.3 Å². The SMILES string of the molecule is CON=C(C(=O)NC1C(=O)N2C(C(=O)O)=C(CSc3nnnn3C)CS[C@H]12)c1ccc(N)nc1. The number of oxime groups is 1. The number of nitrogens with two attached hydrogens (primary N) is 1. The topological polar surface area (TPSA) is 191 Å². The smallest absolute Gasteiger partial charge is 0.352 e. The molecule has 4 rings (SSSR count). The maximum Gasteiger partial charge on any atom is 0.352 e. The Morgan fingerprint density at radius 2 is 2.24 bits per heavy atom. The molecule has 1 unspecified atom stereocenters. The highest BCUT2D eigenvalue weighted by Gasteiger charge is 2.54. The Hall–Kier alpha value is -3.66. The number of pyridine rings is 1. The molecule has 0 aliphatic carbocycles. The van der Waals surface area contributed by atoms with Crippen LogP contribution in [0.1, 0.15) is 5.56 Å². The summed E-state index contributed by atoms with van der Waals surface area (Å²) in [6, 6.07) is 2.13. The first-order chi connectivity index (χ1) is 16.3. The number of aliphatic carboxylic acids is 1. The molecule has 0 spiro atoms. The predicted molar refractivity (Wildman–Crippen MR) is 121 cm³/mol. The first-order valence-corrected chi connectivity index (χ1v) is 11.7. The fourth-order valence-electron chi connectivity index (χ4n) is 3.36. The zero-order valence-corrected chi connectivity index (χ0v) is 19.5. The van der Waals surface area contributed by atoms with Gasteiger partial charge in [0.25, 0.3) is 11.8 Å². The van der Waals surface area contributed by atoms with Gasteiger partial charge in [-0.15, -0.1) is 16.9 Å². The Kier molecular flexibility index (Phi) is 6.69. The lowest BCUT2D eigenvalue weighted by molar-refractivity contribution is -0.150. The van der Waals surface area contributed by atoms with Gasteiger partial charge in [0, 0.05) is 30.3 Å². The highest BCUT2D eigenvalue weighted by molar-refractivity contribution is 8.01. The summed E-state index contributed by atoms with van der Waals surface area (Å²) < 4.78 is 1.47. The molecule has 1 saturated heterocycles. The Labute approximate surface area is 201 Å². The maximum atomic E-state index is 12.9. The number of hydrogen-bond donors (Lipinski definition) is 3. The van der Waals surface area contributed by atoms with Crippen molar-refractivity contribution in [3.63, 3.8) is 0 Å². The van der Waals surface area contributed by atoms with E-state index in [2.05, 4.69) is 31.0 Å². The highest BCUT2D eigenvalue weighted by Crippen LogP contribution is 2.41. The van der Waals surface area contributed by atoms with E-state index in [1.54, 1.807) is 13.1 Å². The van der Waals surface area contributed by atoms with Crippen LogP contribution in [0.3, 0.4) is 0 Å². The molecule has 2 aliphatic rings. The number of rotatable bonds is 8. The van der Waals surface area contributed by atoms with Crippen molar-refractivity contribution in [2.45, 2.75) is 16.6 Å². The van der Waals surface area contributed by atoms with Gasteiger partial charge < -0.3 is 21.0 Å². The van der Waals surface area contributed by atoms with E-state index in [1.807, 2.05) is 0 Å². The molecule has 2 amide bonds. The largest absolute Gasteiger partial charge is 0.477 e. The lowest BCUT2D eigenvalue weighted by Crippen LogP contribution is -2.71. The monoisotopic (exact) mass is 505 g/mol. The molecule has 178 valence electrons. The van der Waals surface area contributed by atoms with Crippen LogP contribution in [0, 0.1) is 0 Å². The van der Waals surface area contributed by atoms with Crippen LogP contribution >= 0.6 is 23.5 Å². The zero-order valence-electron chi connectivity index (χ0n) is 17.9. The van der Waals surface area contributed by atoms with Crippen LogP contribution in [0.15, 0.2) is 39.9 Å². The number of anilines is 1. The number of nitrogens with one attached hydrogen (secondary N) is 1. The quantitative estimate of drug-likeness (QED) is 0.173. The van der Waals surface area contributed by atoms with Gasteiger partial charge in [-0.05, 0) is 28.1 Å². The van der Waals surface area contributed by atoms with Crippen molar-refractivity contribution in [1.29, 1.82) is 0 Å². The van der Waals surface area contributed by atoms with Crippen LogP contribution in [0.5, 0.6) is 0 Å². The van der Waals surface area contributed by atoms with Gasteiger partial charge in [-0.2, -0.15) is 0 Å². The molecule has 0 aromatic carbocycles. The standard InChI is InChI=1S/C18H19N9O5S2/c1-26-18(22-24-25-26)34-7-9-6-33-16-12(15(29)27(16)13(9)17(30)31)21-14(28)11(23-32-2)8-3-4-10(19)20-5-8/h3-5,12,16H,6-7H2,1-2H3,(H2,19,20)(H,21,28)(H,30,31)/t12?,16-/m1/s1. The van der Waals surface area contributed by atoms with E-state index in [0.29, 0.717) is 27.8 Å². The maximum absolute atomic E-state index is 12.9. The Morgan fingerprint density at radius 1 is 1.44 bits per heavy atom. The number of β-lactam (4-membered cyclic amide) rings is 1. The van der Waals surface area contributed by atoms with Crippen LogP contribution in [0.4, 0.5) is 5.82 Å². The van der Waals surface area contributed by atoms with E-state index in [-0.39, 0.29) is 17.2 Å². The average Bonchev–Trinajstić information content (AvgIpc) is 3.23. The second kappa shape index (κ2) is 9.68. The van der Waals surface area contributed by atoms with Crippen LogP contribution in [-0.4, -0.2) is 88.7 Å². The number of amides is 2. The van der Waals surface area contributed by atoms with Gasteiger partial charge in [0.15, 0.2) is 5.71 Å². The van der Waals surface area contributed by atoms with Crippen molar-refractivity contribution >= 4 is 52.8 Å².